The summed E-state index contributed by atoms with van der Waals surface area (Å²) in [5.41, 5.74) is 2.28. The number of likely N-dealkylation sites (N-methyl/N-ethyl adjacent to an activating group) is 1. The summed E-state index contributed by atoms with van der Waals surface area (Å²) in [5.74, 6) is 2.61. The van der Waals surface area contributed by atoms with Crippen molar-refractivity contribution in [2.24, 2.45) is 4.99 Å². The van der Waals surface area contributed by atoms with Crippen LogP contribution in [0.25, 0.3) is 0 Å². The number of benzene rings is 2. The van der Waals surface area contributed by atoms with Crippen molar-refractivity contribution in [3.8, 4) is 17.2 Å². The molecule has 0 aliphatic heterocycles. The van der Waals surface area contributed by atoms with E-state index in [2.05, 4.69) is 53.8 Å². The SMILES string of the molecule is CCNC(=NCc1cc(OC)c(OC)c(OC)c1)NCCN(C)Cc1ccccc1.I. The first-order valence-corrected chi connectivity index (χ1v) is 10.1. The van der Waals surface area contributed by atoms with Crippen LogP contribution in [0.2, 0.25) is 0 Å². The Morgan fingerprint density at radius 3 is 2.13 bits per heavy atom. The Kier molecular flexibility index (Phi) is 12.8. The van der Waals surface area contributed by atoms with E-state index < -0.39 is 0 Å². The number of aliphatic imine (C=N–C) groups is 1. The standard InChI is InChI=1S/C23H34N4O3.HI/c1-6-24-23(25-12-13-27(2)17-18-10-8-7-9-11-18)26-16-19-14-20(28-3)22(30-5)21(15-19)29-4;/h7-11,14-15H,6,12-13,16-17H2,1-5H3,(H2,24,25,26);1H. The summed E-state index contributed by atoms with van der Waals surface area (Å²) in [6.07, 6.45) is 0. The molecule has 0 fully saturated rings. The molecule has 0 aromatic heterocycles. The van der Waals surface area contributed by atoms with Gasteiger partial charge in [0, 0.05) is 26.2 Å². The summed E-state index contributed by atoms with van der Waals surface area (Å²) in [4.78, 5) is 6.98. The minimum atomic E-state index is 0. The van der Waals surface area contributed by atoms with Gasteiger partial charge in [-0.2, -0.15) is 0 Å². The van der Waals surface area contributed by atoms with Crippen molar-refractivity contribution in [3.05, 3.63) is 53.6 Å². The monoisotopic (exact) mass is 542 g/mol. The van der Waals surface area contributed by atoms with Gasteiger partial charge in [-0.05, 0) is 37.2 Å². The van der Waals surface area contributed by atoms with Crippen LogP contribution >= 0.6 is 24.0 Å². The Labute approximate surface area is 203 Å². The van der Waals surface area contributed by atoms with E-state index in [1.54, 1.807) is 21.3 Å². The third-order valence-electron chi connectivity index (χ3n) is 4.57. The summed E-state index contributed by atoms with van der Waals surface area (Å²) < 4.78 is 16.2. The zero-order chi connectivity index (χ0) is 21.8. The number of ether oxygens (including phenoxy) is 3. The van der Waals surface area contributed by atoms with E-state index in [1.807, 2.05) is 18.2 Å². The maximum Gasteiger partial charge on any atom is 0.203 e. The predicted octanol–water partition coefficient (Wildman–Crippen LogP) is 3.52. The largest absolute Gasteiger partial charge is 0.493 e. The van der Waals surface area contributed by atoms with Crippen LogP contribution in [-0.4, -0.2) is 58.9 Å². The highest BCUT2D eigenvalue weighted by Crippen LogP contribution is 2.38. The number of halogens is 1. The minimum absolute atomic E-state index is 0. The summed E-state index contributed by atoms with van der Waals surface area (Å²) >= 11 is 0. The molecular formula is C23H35IN4O3. The highest BCUT2D eigenvalue weighted by molar-refractivity contribution is 14.0. The fourth-order valence-corrected chi connectivity index (χ4v) is 3.08. The van der Waals surface area contributed by atoms with Crippen LogP contribution in [0.4, 0.5) is 0 Å². The van der Waals surface area contributed by atoms with Gasteiger partial charge in [0.25, 0.3) is 0 Å². The Balaban J connectivity index is 0.00000480. The van der Waals surface area contributed by atoms with Gasteiger partial charge in [0.2, 0.25) is 5.75 Å². The average molecular weight is 542 g/mol. The highest BCUT2D eigenvalue weighted by atomic mass is 127. The lowest BCUT2D eigenvalue weighted by atomic mass is 10.2. The van der Waals surface area contributed by atoms with Crippen LogP contribution in [0, 0.1) is 0 Å². The molecule has 8 heteroatoms. The van der Waals surface area contributed by atoms with Crippen molar-refractivity contribution < 1.29 is 14.2 Å². The minimum Gasteiger partial charge on any atom is -0.493 e. The molecule has 0 aliphatic rings. The van der Waals surface area contributed by atoms with Crippen molar-refractivity contribution in [2.75, 3.05) is 48.0 Å². The molecule has 2 aromatic rings. The lowest BCUT2D eigenvalue weighted by Gasteiger charge is -2.18. The van der Waals surface area contributed by atoms with Gasteiger partial charge in [-0.1, -0.05) is 30.3 Å². The average Bonchev–Trinajstić information content (AvgIpc) is 2.77. The number of guanidine groups is 1. The molecule has 2 aromatic carbocycles. The van der Waals surface area contributed by atoms with E-state index in [1.165, 1.54) is 5.56 Å². The summed E-state index contributed by atoms with van der Waals surface area (Å²) in [5, 5.41) is 6.69. The first-order chi connectivity index (χ1) is 14.6. The Hall–Kier alpha value is -2.20. The Bertz CT molecular complexity index is 778. The van der Waals surface area contributed by atoms with Crippen LogP contribution in [0.5, 0.6) is 17.2 Å². The van der Waals surface area contributed by atoms with Gasteiger partial charge in [0.05, 0.1) is 27.9 Å². The lowest BCUT2D eigenvalue weighted by Crippen LogP contribution is -2.40. The Morgan fingerprint density at radius 2 is 1.58 bits per heavy atom. The van der Waals surface area contributed by atoms with Crippen molar-refractivity contribution in [2.45, 2.75) is 20.0 Å². The number of hydrogen-bond donors (Lipinski definition) is 2. The predicted molar refractivity (Wildman–Crippen MR) is 137 cm³/mol. The Morgan fingerprint density at radius 1 is 0.935 bits per heavy atom. The van der Waals surface area contributed by atoms with Crippen LogP contribution in [0.1, 0.15) is 18.1 Å². The molecule has 0 spiro atoms. The number of hydrogen-bond acceptors (Lipinski definition) is 5. The molecule has 0 saturated carbocycles. The van der Waals surface area contributed by atoms with Crippen molar-refractivity contribution in [1.29, 1.82) is 0 Å². The number of rotatable bonds is 11. The highest BCUT2D eigenvalue weighted by Gasteiger charge is 2.13. The molecule has 2 N–H and O–H groups in total. The van der Waals surface area contributed by atoms with Crippen LogP contribution in [-0.2, 0) is 13.1 Å². The second-order valence-electron chi connectivity index (χ2n) is 6.88. The fourth-order valence-electron chi connectivity index (χ4n) is 3.08. The topological polar surface area (TPSA) is 67.4 Å². The summed E-state index contributed by atoms with van der Waals surface area (Å²) in [6, 6.07) is 14.3. The van der Waals surface area contributed by atoms with Gasteiger partial charge < -0.3 is 29.7 Å². The lowest BCUT2D eigenvalue weighted by molar-refractivity contribution is 0.324. The van der Waals surface area contributed by atoms with E-state index in [9.17, 15) is 0 Å². The maximum atomic E-state index is 5.42. The molecule has 0 saturated heterocycles. The second kappa shape index (κ2) is 14.7. The maximum absolute atomic E-state index is 5.42. The molecular weight excluding hydrogens is 507 g/mol. The molecule has 0 bridgehead atoms. The zero-order valence-electron chi connectivity index (χ0n) is 19.1. The number of nitrogens with zero attached hydrogens (tertiary/aromatic N) is 2. The summed E-state index contributed by atoms with van der Waals surface area (Å²) in [6.45, 7) is 5.96. The van der Waals surface area contributed by atoms with E-state index in [0.29, 0.717) is 23.8 Å². The van der Waals surface area contributed by atoms with E-state index in [4.69, 9.17) is 19.2 Å². The van der Waals surface area contributed by atoms with Gasteiger partial charge in [0.1, 0.15) is 0 Å². The molecule has 0 atom stereocenters. The van der Waals surface area contributed by atoms with E-state index >= 15 is 0 Å². The van der Waals surface area contributed by atoms with Crippen molar-refractivity contribution >= 4 is 29.9 Å². The zero-order valence-corrected chi connectivity index (χ0v) is 21.4. The second-order valence-corrected chi connectivity index (χ2v) is 6.88. The van der Waals surface area contributed by atoms with Crippen LogP contribution in [0.3, 0.4) is 0 Å². The molecule has 0 unspecified atom stereocenters. The first-order valence-electron chi connectivity index (χ1n) is 10.1. The van der Waals surface area contributed by atoms with Gasteiger partial charge >= 0.3 is 0 Å². The van der Waals surface area contributed by atoms with Gasteiger partial charge in [0.15, 0.2) is 17.5 Å². The van der Waals surface area contributed by atoms with Crippen molar-refractivity contribution in [1.82, 2.24) is 15.5 Å². The van der Waals surface area contributed by atoms with Gasteiger partial charge in [-0.15, -0.1) is 24.0 Å². The molecule has 0 heterocycles. The summed E-state index contributed by atoms with van der Waals surface area (Å²) in [7, 11) is 6.94. The molecule has 0 aliphatic carbocycles. The van der Waals surface area contributed by atoms with Crippen molar-refractivity contribution in [3.63, 3.8) is 0 Å². The van der Waals surface area contributed by atoms with Crippen LogP contribution in [0.15, 0.2) is 47.5 Å². The quantitative estimate of drug-likeness (QED) is 0.258. The van der Waals surface area contributed by atoms with E-state index in [0.717, 1.165) is 37.7 Å². The molecule has 7 nitrogen and oxygen atoms in total. The molecule has 0 radical (unpaired) electrons. The van der Waals surface area contributed by atoms with E-state index in [-0.39, 0.29) is 24.0 Å². The molecule has 172 valence electrons. The van der Waals surface area contributed by atoms with Gasteiger partial charge in [-0.25, -0.2) is 4.99 Å². The fraction of sp³-hybridized carbons (Fsp3) is 0.435. The van der Waals surface area contributed by atoms with Gasteiger partial charge in [-0.3, -0.25) is 0 Å². The smallest absolute Gasteiger partial charge is 0.203 e. The third kappa shape index (κ3) is 8.82. The number of nitrogens with one attached hydrogen (secondary N) is 2. The third-order valence-corrected chi connectivity index (χ3v) is 4.57. The molecule has 0 amide bonds. The first kappa shape index (κ1) is 26.8. The normalized spacial score (nSPS) is 11.0. The molecule has 31 heavy (non-hydrogen) atoms. The van der Waals surface area contributed by atoms with Crippen LogP contribution < -0.4 is 24.8 Å². The number of methoxy groups -OCH3 is 3. The molecule has 2 rings (SSSR count).